The fraction of sp³-hybridized carbons (Fsp3) is 0.586. The van der Waals surface area contributed by atoms with E-state index < -0.39 is 0 Å². The lowest BCUT2D eigenvalue weighted by molar-refractivity contribution is 0.187. The second kappa shape index (κ2) is 10.1. The van der Waals surface area contributed by atoms with Crippen LogP contribution in [-0.2, 0) is 25.7 Å². The van der Waals surface area contributed by atoms with Crippen LogP contribution in [0.25, 0.3) is 0 Å². The molecule has 1 fully saturated rings. The molecular formula is C29H41N. The number of rotatable bonds is 7. The van der Waals surface area contributed by atoms with Gasteiger partial charge in [-0.05, 0) is 117 Å². The Kier molecular flexibility index (Phi) is 7.31. The van der Waals surface area contributed by atoms with Crippen LogP contribution in [0.15, 0.2) is 36.4 Å². The smallest absolute Gasteiger partial charge is 0.00130 e. The van der Waals surface area contributed by atoms with Crippen molar-refractivity contribution in [3.63, 3.8) is 0 Å². The Hall–Kier alpha value is -1.60. The van der Waals surface area contributed by atoms with Gasteiger partial charge < -0.3 is 4.90 Å². The maximum absolute atomic E-state index is 2.72. The van der Waals surface area contributed by atoms with Crippen LogP contribution in [0, 0.1) is 12.8 Å². The second-order valence-electron chi connectivity index (χ2n) is 10.1. The van der Waals surface area contributed by atoms with Gasteiger partial charge in [0.2, 0.25) is 0 Å². The summed E-state index contributed by atoms with van der Waals surface area (Å²) in [6, 6.07) is 14.5. The molecule has 1 aliphatic heterocycles. The van der Waals surface area contributed by atoms with Crippen LogP contribution in [0.1, 0.15) is 85.3 Å². The average Bonchev–Trinajstić information content (AvgIpc) is 2.78. The van der Waals surface area contributed by atoms with E-state index in [0.29, 0.717) is 5.92 Å². The Morgan fingerprint density at radius 2 is 1.67 bits per heavy atom. The van der Waals surface area contributed by atoms with Gasteiger partial charge in [0, 0.05) is 6.54 Å². The summed E-state index contributed by atoms with van der Waals surface area (Å²) in [5, 5.41) is 0. The monoisotopic (exact) mass is 403 g/mol. The van der Waals surface area contributed by atoms with Crippen LogP contribution in [0.5, 0.6) is 0 Å². The summed E-state index contributed by atoms with van der Waals surface area (Å²) in [6.07, 6.45) is 11.7. The molecule has 1 unspecified atom stereocenters. The first-order chi connectivity index (χ1) is 14.6. The van der Waals surface area contributed by atoms with Gasteiger partial charge in [0.05, 0.1) is 0 Å². The topological polar surface area (TPSA) is 3.24 Å². The maximum Gasteiger partial charge on any atom is 0.00130 e. The summed E-state index contributed by atoms with van der Waals surface area (Å²) >= 11 is 0. The molecule has 1 aliphatic carbocycles. The highest BCUT2D eigenvalue weighted by atomic mass is 15.1. The largest absolute Gasteiger partial charge is 0.303 e. The fourth-order valence-corrected chi connectivity index (χ4v) is 5.66. The maximum atomic E-state index is 2.72. The summed E-state index contributed by atoms with van der Waals surface area (Å²) in [6.45, 7) is 10.9. The fourth-order valence-electron chi connectivity index (χ4n) is 5.66. The third-order valence-electron chi connectivity index (χ3n) is 7.75. The van der Waals surface area contributed by atoms with Gasteiger partial charge in [-0.2, -0.15) is 0 Å². The number of hydrogen-bond donors (Lipinski definition) is 0. The zero-order valence-electron chi connectivity index (χ0n) is 19.6. The molecule has 0 radical (unpaired) electrons. The van der Waals surface area contributed by atoms with Gasteiger partial charge in [-0.1, -0.05) is 56.7 Å². The van der Waals surface area contributed by atoms with Crippen LogP contribution in [0.4, 0.5) is 0 Å². The van der Waals surface area contributed by atoms with Crippen molar-refractivity contribution in [3.05, 3.63) is 69.8 Å². The highest BCUT2D eigenvalue weighted by Crippen LogP contribution is 2.29. The summed E-state index contributed by atoms with van der Waals surface area (Å²) < 4.78 is 0. The molecule has 30 heavy (non-hydrogen) atoms. The standard InChI is InChI=1S/C29H41N/c1-4-22(2)29-15-12-24(18-23(29)3)8-9-25-10-13-28-20-26(11-14-27(28)19-25)21-30-16-6-5-7-17-30/h10,12-13,15,18-19,22,26H,4-9,11,14,16-17,20-21H2,1-3H3/t22-,26?/m0/s1. The molecule has 2 aromatic carbocycles. The van der Waals surface area contributed by atoms with Gasteiger partial charge in [0.25, 0.3) is 0 Å². The van der Waals surface area contributed by atoms with E-state index in [4.69, 9.17) is 0 Å². The molecule has 0 aromatic heterocycles. The predicted octanol–water partition coefficient (Wildman–Crippen LogP) is 6.88. The van der Waals surface area contributed by atoms with E-state index >= 15 is 0 Å². The van der Waals surface area contributed by atoms with Gasteiger partial charge in [-0.15, -0.1) is 0 Å². The zero-order valence-corrected chi connectivity index (χ0v) is 19.6. The van der Waals surface area contributed by atoms with E-state index in [1.165, 1.54) is 86.8 Å². The van der Waals surface area contributed by atoms with Gasteiger partial charge >= 0.3 is 0 Å². The molecule has 0 bridgehead atoms. The number of nitrogens with zero attached hydrogens (tertiary/aromatic N) is 1. The molecular weight excluding hydrogens is 362 g/mol. The molecule has 0 N–H and O–H groups in total. The SMILES string of the molecule is CC[C@H](C)c1ccc(CCc2ccc3c(c2)CCC(CN2CCCCC2)C3)cc1C. The molecule has 1 saturated heterocycles. The predicted molar refractivity (Wildman–Crippen MR) is 130 cm³/mol. The van der Waals surface area contributed by atoms with Crippen LogP contribution < -0.4 is 0 Å². The van der Waals surface area contributed by atoms with E-state index in [-0.39, 0.29) is 0 Å². The first-order valence-corrected chi connectivity index (χ1v) is 12.5. The molecule has 162 valence electrons. The normalized spacial score (nSPS) is 20.7. The van der Waals surface area contributed by atoms with Crippen LogP contribution in [0.2, 0.25) is 0 Å². The summed E-state index contributed by atoms with van der Waals surface area (Å²) in [5.41, 5.74) is 9.25. The van der Waals surface area contributed by atoms with Crippen molar-refractivity contribution in [1.82, 2.24) is 4.90 Å². The molecule has 1 heteroatoms. The highest BCUT2D eigenvalue weighted by molar-refractivity contribution is 5.36. The van der Waals surface area contributed by atoms with Crippen LogP contribution >= 0.6 is 0 Å². The molecule has 0 spiro atoms. The molecule has 4 rings (SSSR count). The Balaban J connectivity index is 1.33. The van der Waals surface area contributed by atoms with Gasteiger partial charge in [0.1, 0.15) is 0 Å². The molecule has 2 aliphatic rings. The minimum atomic E-state index is 0.665. The van der Waals surface area contributed by atoms with Gasteiger partial charge in [0.15, 0.2) is 0 Å². The van der Waals surface area contributed by atoms with Gasteiger partial charge in [-0.25, -0.2) is 0 Å². The number of aryl methyl sites for hydroxylation is 4. The van der Waals surface area contributed by atoms with Crippen LogP contribution in [0.3, 0.4) is 0 Å². The van der Waals surface area contributed by atoms with Crippen molar-refractivity contribution in [2.75, 3.05) is 19.6 Å². The third kappa shape index (κ3) is 5.35. The van der Waals surface area contributed by atoms with Crippen molar-refractivity contribution >= 4 is 0 Å². The first-order valence-electron chi connectivity index (χ1n) is 12.5. The number of benzene rings is 2. The zero-order chi connectivity index (χ0) is 20.9. The van der Waals surface area contributed by atoms with Crippen molar-refractivity contribution in [2.45, 2.75) is 84.5 Å². The minimum absolute atomic E-state index is 0.665. The van der Waals surface area contributed by atoms with Crippen molar-refractivity contribution < 1.29 is 0 Å². The molecule has 2 atom stereocenters. The van der Waals surface area contributed by atoms with E-state index in [9.17, 15) is 0 Å². The van der Waals surface area contributed by atoms with Crippen molar-refractivity contribution in [3.8, 4) is 0 Å². The van der Waals surface area contributed by atoms with E-state index in [2.05, 4.69) is 62.1 Å². The van der Waals surface area contributed by atoms with E-state index in [1.54, 1.807) is 11.1 Å². The summed E-state index contributed by atoms with van der Waals surface area (Å²) in [4.78, 5) is 2.72. The molecule has 0 saturated carbocycles. The lowest BCUT2D eigenvalue weighted by Crippen LogP contribution is -2.36. The Morgan fingerprint density at radius 1 is 0.933 bits per heavy atom. The Morgan fingerprint density at radius 3 is 2.40 bits per heavy atom. The molecule has 1 heterocycles. The number of likely N-dealkylation sites (tertiary alicyclic amines) is 1. The molecule has 1 nitrogen and oxygen atoms in total. The lowest BCUT2D eigenvalue weighted by atomic mass is 9.82. The van der Waals surface area contributed by atoms with Crippen molar-refractivity contribution in [2.24, 2.45) is 5.92 Å². The lowest BCUT2D eigenvalue weighted by Gasteiger charge is -2.33. The Bertz CT molecular complexity index is 830. The minimum Gasteiger partial charge on any atom is -0.303 e. The quantitative estimate of drug-likeness (QED) is 0.487. The van der Waals surface area contributed by atoms with Crippen LogP contribution in [-0.4, -0.2) is 24.5 Å². The second-order valence-corrected chi connectivity index (χ2v) is 10.1. The Labute approximate surface area is 184 Å². The number of fused-ring (bicyclic) bond motifs is 1. The van der Waals surface area contributed by atoms with Crippen molar-refractivity contribution in [1.29, 1.82) is 0 Å². The molecule has 2 aromatic rings. The number of hydrogen-bond acceptors (Lipinski definition) is 1. The van der Waals surface area contributed by atoms with E-state index in [1.807, 2.05) is 0 Å². The number of piperidine rings is 1. The third-order valence-corrected chi connectivity index (χ3v) is 7.75. The average molecular weight is 404 g/mol. The summed E-state index contributed by atoms with van der Waals surface area (Å²) in [5.74, 6) is 1.53. The summed E-state index contributed by atoms with van der Waals surface area (Å²) in [7, 11) is 0. The first kappa shape index (κ1) is 21.6. The van der Waals surface area contributed by atoms with E-state index in [0.717, 1.165) is 18.8 Å². The van der Waals surface area contributed by atoms with Gasteiger partial charge in [-0.3, -0.25) is 0 Å². The molecule has 0 amide bonds. The highest BCUT2D eigenvalue weighted by Gasteiger charge is 2.22.